The van der Waals surface area contributed by atoms with E-state index in [4.69, 9.17) is 4.74 Å². The van der Waals surface area contributed by atoms with Crippen molar-refractivity contribution in [1.29, 1.82) is 0 Å². The summed E-state index contributed by atoms with van der Waals surface area (Å²) in [6.45, 7) is 1.76. The molecule has 0 radical (unpaired) electrons. The number of carboxylic acid groups (broad SMARTS) is 1. The van der Waals surface area contributed by atoms with Crippen LogP contribution in [0.3, 0.4) is 0 Å². The number of likely N-dealkylation sites (tertiary alicyclic amines) is 1. The van der Waals surface area contributed by atoms with Crippen LogP contribution in [-0.4, -0.2) is 36.2 Å². The zero-order chi connectivity index (χ0) is 14.2. The van der Waals surface area contributed by atoms with Crippen LogP contribution in [0, 0.1) is 0 Å². The molecule has 4 nitrogen and oxygen atoms in total. The summed E-state index contributed by atoms with van der Waals surface area (Å²) >= 11 is 0. The topological polar surface area (TPSA) is 49.8 Å². The number of rotatable bonds is 3. The zero-order valence-corrected chi connectivity index (χ0v) is 11.9. The fourth-order valence-electron chi connectivity index (χ4n) is 3.70. The van der Waals surface area contributed by atoms with Gasteiger partial charge in [0.2, 0.25) is 0 Å². The summed E-state index contributed by atoms with van der Waals surface area (Å²) in [5, 5.41) is 9.94. The van der Waals surface area contributed by atoms with Crippen LogP contribution in [0.1, 0.15) is 36.8 Å². The molecule has 1 unspecified atom stereocenters. The van der Waals surface area contributed by atoms with Crippen molar-refractivity contribution in [2.75, 3.05) is 20.2 Å². The summed E-state index contributed by atoms with van der Waals surface area (Å²) in [6, 6.07) is 5.86. The number of carbonyl (C=O) groups is 1. The lowest BCUT2D eigenvalue weighted by molar-refractivity contribution is -0.153. The minimum Gasteiger partial charge on any atom is -0.497 e. The smallest absolute Gasteiger partial charge is 0.328 e. The number of ether oxygens (including phenoxy) is 1. The van der Waals surface area contributed by atoms with Gasteiger partial charge in [0, 0.05) is 0 Å². The Morgan fingerprint density at radius 2 is 2.05 bits per heavy atom. The van der Waals surface area contributed by atoms with Crippen molar-refractivity contribution >= 4 is 5.97 Å². The van der Waals surface area contributed by atoms with Crippen LogP contribution < -0.4 is 4.74 Å². The number of methoxy groups -OCH3 is 1. The zero-order valence-electron chi connectivity index (χ0n) is 11.9. The molecule has 2 aliphatic rings. The van der Waals surface area contributed by atoms with Crippen molar-refractivity contribution < 1.29 is 14.6 Å². The monoisotopic (exact) mass is 275 g/mol. The number of piperidine rings is 1. The van der Waals surface area contributed by atoms with Gasteiger partial charge in [-0.1, -0.05) is 12.5 Å². The van der Waals surface area contributed by atoms with Crippen LogP contribution in [0.4, 0.5) is 0 Å². The number of benzene rings is 1. The maximum absolute atomic E-state index is 12.1. The molecule has 4 heteroatoms. The van der Waals surface area contributed by atoms with Gasteiger partial charge < -0.3 is 9.84 Å². The Balaban J connectivity index is 2.07. The molecule has 20 heavy (non-hydrogen) atoms. The van der Waals surface area contributed by atoms with E-state index in [2.05, 4.69) is 4.90 Å². The molecule has 1 heterocycles. The summed E-state index contributed by atoms with van der Waals surface area (Å²) in [7, 11) is 1.63. The molecule has 0 spiro atoms. The van der Waals surface area contributed by atoms with Gasteiger partial charge in [-0.2, -0.15) is 0 Å². The normalized spacial score (nSPS) is 26.2. The fraction of sp³-hybridized carbons (Fsp3) is 0.562. The molecule has 0 aromatic heterocycles. The van der Waals surface area contributed by atoms with E-state index in [1.165, 1.54) is 6.42 Å². The number of fused-ring (bicyclic) bond motifs is 1. The summed E-state index contributed by atoms with van der Waals surface area (Å²) < 4.78 is 5.29. The van der Waals surface area contributed by atoms with Crippen LogP contribution in [0.2, 0.25) is 0 Å². The summed E-state index contributed by atoms with van der Waals surface area (Å²) in [5.41, 5.74) is 1.25. The quantitative estimate of drug-likeness (QED) is 0.920. The molecular formula is C16H21NO3. The maximum Gasteiger partial charge on any atom is 0.328 e. The molecular weight excluding hydrogens is 254 g/mol. The van der Waals surface area contributed by atoms with Gasteiger partial charge in [-0.15, -0.1) is 0 Å². The van der Waals surface area contributed by atoms with Gasteiger partial charge in [0.1, 0.15) is 11.3 Å². The Morgan fingerprint density at radius 3 is 2.70 bits per heavy atom. The highest BCUT2D eigenvalue weighted by Crippen LogP contribution is 2.44. The second kappa shape index (κ2) is 5.09. The first kappa shape index (κ1) is 13.4. The summed E-state index contributed by atoms with van der Waals surface area (Å²) in [5.74, 6) is 0.0275. The highest BCUT2D eigenvalue weighted by molar-refractivity contribution is 5.83. The molecule has 1 aromatic carbocycles. The maximum atomic E-state index is 12.1. The standard InChI is InChI=1S/C16H21NO3/c1-20-13-6-5-12-7-8-16(15(18)19,14(12)11-13)17-9-3-2-4-10-17/h5-6,11H,2-4,7-10H2,1H3,(H,18,19). The molecule has 108 valence electrons. The Kier molecular flexibility index (Phi) is 3.42. The number of aryl methyl sites for hydroxylation is 1. The van der Waals surface area contributed by atoms with Gasteiger partial charge in [0.15, 0.2) is 0 Å². The van der Waals surface area contributed by atoms with Crippen molar-refractivity contribution in [1.82, 2.24) is 4.90 Å². The van der Waals surface area contributed by atoms with Crippen molar-refractivity contribution in [3.8, 4) is 5.75 Å². The third-order valence-corrected chi connectivity index (χ3v) is 4.77. The third kappa shape index (κ3) is 1.90. The molecule has 0 saturated carbocycles. The second-order valence-corrected chi connectivity index (χ2v) is 5.74. The Labute approximate surface area is 119 Å². The largest absolute Gasteiger partial charge is 0.497 e. The first-order chi connectivity index (χ1) is 9.68. The van der Waals surface area contributed by atoms with E-state index in [1.54, 1.807) is 7.11 Å². The van der Waals surface area contributed by atoms with Crippen LogP contribution in [0.15, 0.2) is 18.2 Å². The van der Waals surface area contributed by atoms with Gasteiger partial charge in [-0.05, 0) is 62.0 Å². The lowest BCUT2D eigenvalue weighted by Gasteiger charge is -2.41. The molecule has 1 saturated heterocycles. The number of hydrogen-bond donors (Lipinski definition) is 1. The Bertz CT molecular complexity index is 522. The minimum absolute atomic E-state index is 0.671. The van der Waals surface area contributed by atoms with E-state index < -0.39 is 11.5 Å². The second-order valence-electron chi connectivity index (χ2n) is 5.74. The van der Waals surface area contributed by atoms with E-state index in [9.17, 15) is 9.90 Å². The van der Waals surface area contributed by atoms with Crippen LogP contribution in [0.5, 0.6) is 5.75 Å². The van der Waals surface area contributed by atoms with E-state index in [-0.39, 0.29) is 0 Å². The van der Waals surface area contributed by atoms with Crippen LogP contribution >= 0.6 is 0 Å². The molecule has 1 aliphatic carbocycles. The van der Waals surface area contributed by atoms with Crippen molar-refractivity contribution in [2.24, 2.45) is 0 Å². The van der Waals surface area contributed by atoms with Crippen molar-refractivity contribution in [3.05, 3.63) is 29.3 Å². The van der Waals surface area contributed by atoms with E-state index in [0.29, 0.717) is 6.42 Å². The van der Waals surface area contributed by atoms with Gasteiger partial charge in [0.25, 0.3) is 0 Å². The Hall–Kier alpha value is -1.55. The van der Waals surface area contributed by atoms with E-state index >= 15 is 0 Å². The van der Waals surface area contributed by atoms with Gasteiger partial charge in [0.05, 0.1) is 7.11 Å². The fourth-order valence-corrected chi connectivity index (χ4v) is 3.70. The number of aliphatic carboxylic acids is 1. The lowest BCUT2D eigenvalue weighted by atomic mass is 9.87. The Morgan fingerprint density at radius 1 is 1.30 bits per heavy atom. The summed E-state index contributed by atoms with van der Waals surface area (Å²) in [6.07, 6.45) is 4.90. The van der Waals surface area contributed by atoms with Crippen LogP contribution in [0.25, 0.3) is 0 Å². The minimum atomic E-state index is -0.843. The van der Waals surface area contributed by atoms with Crippen molar-refractivity contribution in [3.63, 3.8) is 0 Å². The molecule has 0 amide bonds. The van der Waals surface area contributed by atoms with E-state index in [0.717, 1.165) is 49.2 Å². The average molecular weight is 275 g/mol. The highest BCUT2D eigenvalue weighted by atomic mass is 16.5. The number of nitrogens with zero attached hydrogens (tertiary/aromatic N) is 1. The third-order valence-electron chi connectivity index (χ3n) is 4.77. The first-order valence-corrected chi connectivity index (χ1v) is 7.34. The molecule has 1 atom stereocenters. The van der Waals surface area contributed by atoms with E-state index in [1.807, 2.05) is 18.2 Å². The average Bonchev–Trinajstić information content (AvgIpc) is 2.87. The molecule has 1 aromatic rings. The van der Waals surface area contributed by atoms with Gasteiger partial charge >= 0.3 is 5.97 Å². The van der Waals surface area contributed by atoms with Gasteiger partial charge in [-0.3, -0.25) is 4.90 Å². The molecule has 0 bridgehead atoms. The molecule has 1 fully saturated rings. The molecule has 3 rings (SSSR count). The van der Waals surface area contributed by atoms with Crippen LogP contribution in [-0.2, 0) is 16.8 Å². The summed E-state index contributed by atoms with van der Waals surface area (Å²) in [4.78, 5) is 14.3. The SMILES string of the molecule is COc1ccc2c(c1)C(C(=O)O)(N1CCCCC1)CC2. The van der Waals surface area contributed by atoms with Crippen molar-refractivity contribution in [2.45, 2.75) is 37.6 Å². The highest BCUT2D eigenvalue weighted by Gasteiger charge is 2.50. The first-order valence-electron chi connectivity index (χ1n) is 7.34. The molecule has 1 aliphatic heterocycles. The molecule has 1 N–H and O–H groups in total. The predicted molar refractivity (Wildman–Crippen MR) is 76.1 cm³/mol. The van der Waals surface area contributed by atoms with Gasteiger partial charge in [-0.25, -0.2) is 4.79 Å². The predicted octanol–water partition coefficient (Wildman–Crippen LogP) is 2.41. The number of carboxylic acids is 1. The lowest BCUT2D eigenvalue weighted by Crippen LogP contribution is -2.52. The number of hydrogen-bond acceptors (Lipinski definition) is 3.